The van der Waals surface area contributed by atoms with E-state index < -0.39 is 0 Å². The van der Waals surface area contributed by atoms with Crippen LogP contribution in [0.3, 0.4) is 0 Å². The molecule has 1 aliphatic carbocycles. The Hall–Kier alpha value is -3.42. The van der Waals surface area contributed by atoms with Gasteiger partial charge in [-0.3, -0.25) is 9.59 Å². The van der Waals surface area contributed by atoms with Crippen LogP contribution < -0.4 is 29.6 Å². The van der Waals surface area contributed by atoms with E-state index in [0.29, 0.717) is 18.0 Å². The van der Waals surface area contributed by atoms with E-state index in [0.717, 1.165) is 30.8 Å². The van der Waals surface area contributed by atoms with Gasteiger partial charge in [-0.05, 0) is 78.6 Å². The number of nitrogens with one attached hydrogen (secondary N) is 2. The van der Waals surface area contributed by atoms with Gasteiger partial charge in [-0.2, -0.15) is 0 Å². The van der Waals surface area contributed by atoms with Crippen molar-refractivity contribution >= 4 is 11.8 Å². The highest BCUT2D eigenvalue weighted by atomic mass is 16.5. The van der Waals surface area contributed by atoms with E-state index in [9.17, 15) is 9.59 Å². The zero-order valence-corrected chi connectivity index (χ0v) is 21.9. The maximum Gasteiger partial charge on any atom is 0.258 e. The van der Waals surface area contributed by atoms with E-state index in [-0.39, 0.29) is 41.9 Å². The molecule has 0 aromatic heterocycles. The van der Waals surface area contributed by atoms with Crippen molar-refractivity contribution in [2.75, 3.05) is 34.0 Å². The number of hydrogen-bond donors (Lipinski definition) is 2. The zero-order valence-electron chi connectivity index (χ0n) is 21.9. The fourth-order valence-corrected chi connectivity index (χ4v) is 5.14. The highest BCUT2D eigenvalue weighted by Gasteiger charge is 2.41. The van der Waals surface area contributed by atoms with E-state index in [1.807, 2.05) is 0 Å². The molecule has 2 aromatic rings. The number of carbonyl (C=O) groups excluding carboxylic acids is 2. The summed E-state index contributed by atoms with van der Waals surface area (Å²) in [6.07, 6.45) is 2.57. The maximum absolute atomic E-state index is 12.6. The number of rotatable bonds is 11. The van der Waals surface area contributed by atoms with Gasteiger partial charge in [-0.1, -0.05) is 20.8 Å². The second-order valence-corrected chi connectivity index (χ2v) is 10.5. The molecule has 0 heterocycles. The van der Waals surface area contributed by atoms with Crippen LogP contribution >= 0.6 is 0 Å². The van der Waals surface area contributed by atoms with Crippen LogP contribution in [0.25, 0.3) is 0 Å². The molecule has 0 saturated heterocycles. The molecular weight excluding hydrogens is 460 g/mol. The summed E-state index contributed by atoms with van der Waals surface area (Å²) < 4.78 is 21.5. The predicted octanol–water partition coefficient (Wildman–Crippen LogP) is 3.98. The third kappa shape index (κ3) is 8.36. The van der Waals surface area contributed by atoms with Crippen LogP contribution in [0.1, 0.15) is 40.0 Å². The first-order valence-electron chi connectivity index (χ1n) is 12.2. The monoisotopic (exact) mass is 498 g/mol. The molecule has 2 amide bonds. The van der Waals surface area contributed by atoms with E-state index >= 15 is 0 Å². The summed E-state index contributed by atoms with van der Waals surface area (Å²) in [6, 6.07) is 14.2. The van der Waals surface area contributed by atoms with E-state index in [4.69, 9.17) is 18.9 Å². The molecular formula is C28H38N2O6. The number of amides is 2. The smallest absolute Gasteiger partial charge is 0.258 e. The molecule has 1 fully saturated rings. The lowest BCUT2D eigenvalue weighted by molar-refractivity contribution is -0.126. The van der Waals surface area contributed by atoms with E-state index in [2.05, 4.69) is 31.4 Å². The molecule has 8 nitrogen and oxygen atoms in total. The topological polar surface area (TPSA) is 95.1 Å². The second-order valence-electron chi connectivity index (χ2n) is 10.5. The Morgan fingerprint density at radius 3 is 1.75 bits per heavy atom. The SMILES string of the molecule is COc1ccc(OCC(=O)NC[C@]2(C)C[C@@H](NC(=O)COc3ccc(OC)cc3)CC(C)(C)C2)cc1. The molecule has 1 saturated carbocycles. The fourth-order valence-electron chi connectivity index (χ4n) is 5.14. The van der Waals surface area contributed by atoms with Crippen LogP contribution in [0, 0.1) is 10.8 Å². The summed E-state index contributed by atoms with van der Waals surface area (Å²) in [5.41, 5.74) is -0.140. The standard InChI is InChI=1S/C28H38N2O6/c1-27(2)14-20(30-26(32)17-36-24-12-8-22(34-5)9-13-24)15-28(3,18-27)19-29-25(31)16-35-23-10-6-21(33-4)7-11-23/h6-13,20H,14-19H2,1-5H3,(H,29,31)(H,30,32)/t20-,28+/m0/s1. The Morgan fingerprint density at radius 2 is 1.25 bits per heavy atom. The lowest BCUT2D eigenvalue weighted by Crippen LogP contribution is -2.51. The minimum atomic E-state index is -0.177. The van der Waals surface area contributed by atoms with Crippen molar-refractivity contribution < 1.29 is 28.5 Å². The highest BCUT2D eigenvalue weighted by Crippen LogP contribution is 2.45. The van der Waals surface area contributed by atoms with Gasteiger partial charge in [0.25, 0.3) is 11.8 Å². The largest absolute Gasteiger partial charge is 0.497 e. The first-order chi connectivity index (χ1) is 17.1. The van der Waals surface area contributed by atoms with Gasteiger partial charge in [0, 0.05) is 12.6 Å². The van der Waals surface area contributed by atoms with Crippen molar-refractivity contribution in [1.82, 2.24) is 10.6 Å². The summed E-state index contributed by atoms with van der Waals surface area (Å²) in [4.78, 5) is 25.1. The minimum absolute atomic E-state index is 0.00170. The summed E-state index contributed by atoms with van der Waals surface area (Å²) in [6.45, 7) is 6.95. The lowest BCUT2D eigenvalue weighted by atomic mass is 9.62. The van der Waals surface area contributed by atoms with Crippen molar-refractivity contribution in [3.63, 3.8) is 0 Å². The summed E-state index contributed by atoms with van der Waals surface area (Å²) >= 11 is 0. The average Bonchev–Trinajstić information content (AvgIpc) is 2.84. The molecule has 0 radical (unpaired) electrons. The molecule has 0 spiro atoms. The Bertz CT molecular complexity index is 1010. The van der Waals surface area contributed by atoms with Crippen molar-refractivity contribution in [3.8, 4) is 23.0 Å². The van der Waals surface area contributed by atoms with Crippen molar-refractivity contribution in [3.05, 3.63) is 48.5 Å². The third-order valence-corrected chi connectivity index (χ3v) is 6.38. The van der Waals surface area contributed by atoms with Crippen LogP contribution in [-0.4, -0.2) is 51.8 Å². The van der Waals surface area contributed by atoms with E-state index in [1.165, 1.54) is 0 Å². The van der Waals surface area contributed by atoms with Gasteiger partial charge in [-0.25, -0.2) is 0 Å². The van der Waals surface area contributed by atoms with E-state index in [1.54, 1.807) is 62.8 Å². The minimum Gasteiger partial charge on any atom is -0.497 e. The van der Waals surface area contributed by atoms with Gasteiger partial charge in [0.05, 0.1) is 14.2 Å². The van der Waals surface area contributed by atoms with Gasteiger partial charge in [0.1, 0.15) is 23.0 Å². The molecule has 36 heavy (non-hydrogen) atoms. The van der Waals surface area contributed by atoms with Crippen LogP contribution in [0.15, 0.2) is 48.5 Å². The molecule has 2 atom stereocenters. The van der Waals surface area contributed by atoms with Crippen LogP contribution in [-0.2, 0) is 9.59 Å². The normalized spacial score (nSPS) is 20.6. The Labute approximate surface area is 213 Å². The lowest BCUT2D eigenvalue weighted by Gasteiger charge is -2.47. The molecule has 3 rings (SSSR count). The van der Waals surface area contributed by atoms with Crippen LogP contribution in [0.4, 0.5) is 0 Å². The first-order valence-corrected chi connectivity index (χ1v) is 12.2. The third-order valence-electron chi connectivity index (χ3n) is 6.38. The van der Waals surface area contributed by atoms with Crippen LogP contribution in [0.5, 0.6) is 23.0 Å². The molecule has 1 aliphatic rings. The number of ether oxygens (including phenoxy) is 4. The molecule has 2 aromatic carbocycles. The van der Waals surface area contributed by atoms with Gasteiger partial charge < -0.3 is 29.6 Å². The first kappa shape index (κ1) is 27.2. The van der Waals surface area contributed by atoms with Crippen molar-refractivity contribution in [1.29, 1.82) is 0 Å². The second kappa shape index (κ2) is 12.0. The maximum atomic E-state index is 12.6. The predicted molar refractivity (Wildman–Crippen MR) is 138 cm³/mol. The summed E-state index contributed by atoms with van der Waals surface area (Å²) in [5, 5.41) is 6.15. The molecule has 196 valence electrons. The molecule has 8 heteroatoms. The fraction of sp³-hybridized carbons (Fsp3) is 0.500. The zero-order chi connectivity index (χ0) is 26.2. The molecule has 0 unspecified atom stereocenters. The van der Waals surface area contributed by atoms with Gasteiger partial charge in [0.15, 0.2) is 13.2 Å². The van der Waals surface area contributed by atoms with Gasteiger partial charge in [-0.15, -0.1) is 0 Å². The average molecular weight is 499 g/mol. The highest BCUT2D eigenvalue weighted by molar-refractivity contribution is 5.78. The van der Waals surface area contributed by atoms with Crippen molar-refractivity contribution in [2.45, 2.75) is 46.1 Å². The number of hydrogen-bond acceptors (Lipinski definition) is 6. The van der Waals surface area contributed by atoms with Gasteiger partial charge >= 0.3 is 0 Å². The number of methoxy groups -OCH3 is 2. The summed E-state index contributed by atoms with van der Waals surface area (Å²) in [7, 11) is 3.20. The number of carbonyl (C=O) groups is 2. The molecule has 0 aliphatic heterocycles. The Morgan fingerprint density at radius 1 is 0.778 bits per heavy atom. The molecule has 0 bridgehead atoms. The Kier molecular flexibility index (Phi) is 9.07. The quantitative estimate of drug-likeness (QED) is 0.487. The van der Waals surface area contributed by atoms with Gasteiger partial charge in [0.2, 0.25) is 0 Å². The Balaban J connectivity index is 1.47. The van der Waals surface area contributed by atoms with Crippen molar-refractivity contribution in [2.24, 2.45) is 10.8 Å². The van der Waals surface area contributed by atoms with Crippen LogP contribution in [0.2, 0.25) is 0 Å². The number of benzene rings is 2. The molecule has 2 N–H and O–H groups in total. The summed E-state index contributed by atoms with van der Waals surface area (Å²) in [5.74, 6) is 2.34.